The quantitative estimate of drug-likeness (QED) is 0.469. The molecule has 4 nitrogen and oxygen atoms in total. The van der Waals surface area contributed by atoms with Crippen molar-refractivity contribution in [2.75, 3.05) is 4.90 Å². The average Bonchev–Trinajstić information content (AvgIpc) is 2.49. The third kappa shape index (κ3) is 7.55. The maximum Gasteiger partial charge on any atom is 0.234 e. The number of carbonyl (C=O) groups excluding carboxylic acids is 3. The number of carbonyl (C=O) groups is 3. The molecule has 0 saturated heterocycles. The first kappa shape index (κ1) is 24.6. The van der Waals surface area contributed by atoms with Crippen LogP contribution < -0.4 is 4.90 Å². The number of nitrogens with zero attached hydrogens (tertiary/aromatic N) is 1. The van der Waals surface area contributed by atoms with Gasteiger partial charge in [0, 0.05) is 24.2 Å². The van der Waals surface area contributed by atoms with Gasteiger partial charge in [0.25, 0.3) is 0 Å². The van der Waals surface area contributed by atoms with E-state index in [-0.39, 0.29) is 46.4 Å². The summed E-state index contributed by atoms with van der Waals surface area (Å²) >= 11 is 7.02. The molecule has 1 aromatic rings. The Morgan fingerprint density at radius 3 is 1.82 bits per heavy atom. The molecule has 7 heteroatoms. The van der Waals surface area contributed by atoms with Gasteiger partial charge in [-0.1, -0.05) is 64.9 Å². The molecule has 0 N–H and O–H groups in total. The van der Waals surface area contributed by atoms with Gasteiger partial charge in [0.05, 0.1) is 10.7 Å². The van der Waals surface area contributed by atoms with Crippen LogP contribution in [0.2, 0.25) is 5.02 Å². The minimum absolute atomic E-state index is 0.0127. The first-order chi connectivity index (χ1) is 12.9. The monoisotopic (exact) mass is 429 g/mol. The maximum atomic E-state index is 14.7. The zero-order valence-corrected chi connectivity index (χ0v) is 18.9. The molecule has 0 atom stereocenters. The van der Waals surface area contributed by atoms with Crippen LogP contribution in [-0.4, -0.2) is 16.9 Å². The Kier molecular flexibility index (Phi) is 9.64. The van der Waals surface area contributed by atoms with E-state index in [1.165, 1.54) is 6.07 Å². The number of halogens is 2. The summed E-state index contributed by atoms with van der Waals surface area (Å²) in [7, 11) is 0. The molecular weight excluding hydrogens is 401 g/mol. The Morgan fingerprint density at radius 1 is 0.929 bits per heavy atom. The van der Waals surface area contributed by atoms with Gasteiger partial charge in [0.15, 0.2) is 5.12 Å². The van der Waals surface area contributed by atoms with Gasteiger partial charge in [-0.15, -0.1) is 0 Å². The largest absolute Gasteiger partial charge is 0.287 e. The minimum Gasteiger partial charge on any atom is -0.287 e. The minimum atomic E-state index is -0.764. The molecule has 0 aromatic heterocycles. The molecule has 0 aliphatic rings. The van der Waals surface area contributed by atoms with E-state index in [9.17, 15) is 18.8 Å². The number of rotatable bonds is 8. The fourth-order valence-corrected chi connectivity index (χ4v) is 3.81. The third-order valence-corrected chi connectivity index (χ3v) is 5.08. The molecule has 0 fully saturated rings. The van der Waals surface area contributed by atoms with Crippen molar-refractivity contribution in [3.8, 4) is 0 Å². The van der Waals surface area contributed by atoms with E-state index in [0.717, 1.165) is 22.7 Å². The van der Waals surface area contributed by atoms with Crippen molar-refractivity contribution in [3.63, 3.8) is 0 Å². The molecule has 0 radical (unpaired) electrons. The summed E-state index contributed by atoms with van der Waals surface area (Å²) in [4.78, 5) is 38.9. The van der Waals surface area contributed by atoms with Crippen LogP contribution in [0.3, 0.4) is 0 Å². The maximum absolute atomic E-state index is 14.7. The van der Waals surface area contributed by atoms with Gasteiger partial charge >= 0.3 is 0 Å². The van der Waals surface area contributed by atoms with Crippen LogP contribution in [0.15, 0.2) is 17.0 Å². The van der Waals surface area contributed by atoms with E-state index in [0.29, 0.717) is 11.3 Å². The summed E-state index contributed by atoms with van der Waals surface area (Å²) in [6.07, 6.45) is 0.567. The van der Waals surface area contributed by atoms with Crippen LogP contribution in [0.5, 0.6) is 0 Å². The average molecular weight is 430 g/mol. The summed E-state index contributed by atoms with van der Waals surface area (Å²) in [6, 6.07) is 2.39. The fraction of sp³-hybridized carbons (Fsp3) is 0.571. The van der Waals surface area contributed by atoms with E-state index in [1.54, 1.807) is 0 Å². The molecule has 28 heavy (non-hydrogen) atoms. The lowest BCUT2D eigenvalue weighted by Gasteiger charge is -2.24. The van der Waals surface area contributed by atoms with Crippen molar-refractivity contribution < 1.29 is 18.8 Å². The van der Waals surface area contributed by atoms with Gasteiger partial charge in [-0.05, 0) is 29.9 Å². The summed E-state index contributed by atoms with van der Waals surface area (Å²) < 4.78 is 14.7. The zero-order chi connectivity index (χ0) is 21.6. The Balaban J connectivity index is 3.34. The smallest absolute Gasteiger partial charge is 0.234 e. The van der Waals surface area contributed by atoms with Gasteiger partial charge < -0.3 is 0 Å². The summed E-state index contributed by atoms with van der Waals surface area (Å²) in [6.45, 7) is 11.3. The third-order valence-electron chi connectivity index (χ3n) is 3.71. The van der Waals surface area contributed by atoms with Gasteiger partial charge in [-0.25, -0.2) is 9.29 Å². The van der Waals surface area contributed by atoms with E-state index >= 15 is 0 Å². The first-order valence-electron chi connectivity index (χ1n) is 9.47. The van der Waals surface area contributed by atoms with Gasteiger partial charge in [0.2, 0.25) is 11.8 Å². The molecule has 0 spiro atoms. The lowest BCUT2D eigenvalue weighted by molar-refractivity contribution is -0.127. The highest BCUT2D eigenvalue weighted by Crippen LogP contribution is 2.35. The SMILES string of the molecule is CC(C)CC(=O)Sc1cc(N(C(=O)CC(C)C)C(=O)CC(C)C)c(F)cc1Cl. The lowest BCUT2D eigenvalue weighted by Crippen LogP contribution is -2.38. The molecular formula is C21H29ClFNO3S. The predicted molar refractivity (Wildman–Crippen MR) is 113 cm³/mol. The summed E-state index contributed by atoms with van der Waals surface area (Å²) in [5.74, 6) is -1.50. The van der Waals surface area contributed by atoms with Crippen molar-refractivity contribution in [2.24, 2.45) is 17.8 Å². The number of amides is 2. The second kappa shape index (κ2) is 11.0. The second-order valence-electron chi connectivity index (χ2n) is 8.12. The second-order valence-corrected chi connectivity index (χ2v) is 9.63. The highest BCUT2D eigenvalue weighted by atomic mass is 35.5. The molecule has 2 amide bonds. The zero-order valence-electron chi connectivity index (χ0n) is 17.3. The molecule has 0 aliphatic carbocycles. The number of hydrogen-bond donors (Lipinski definition) is 0. The Bertz CT molecular complexity index is 713. The lowest BCUT2D eigenvalue weighted by atomic mass is 10.1. The molecule has 156 valence electrons. The van der Waals surface area contributed by atoms with E-state index in [1.807, 2.05) is 41.5 Å². The van der Waals surface area contributed by atoms with Crippen LogP contribution in [0, 0.1) is 23.6 Å². The van der Waals surface area contributed by atoms with Gasteiger partial charge in [0.1, 0.15) is 5.82 Å². The van der Waals surface area contributed by atoms with E-state index in [4.69, 9.17) is 11.6 Å². The van der Waals surface area contributed by atoms with Crippen LogP contribution in [-0.2, 0) is 14.4 Å². The van der Waals surface area contributed by atoms with E-state index < -0.39 is 17.6 Å². The highest BCUT2D eigenvalue weighted by molar-refractivity contribution is 8.13. The number of imide groups is 1. The Labute approximate surface area is 176 Å². The van der Waals surface area contributed by atoms with Crippen molar-refractivity contribution >= 4 is 46.0 Å². The standard InChI is InChI=1S/C21H29ClFNO3S/c1-12(2)7-19(25)24(20(26)8-13(3)4)17-11-18(15(22)10-16(17)23)28-21(27)9-14(5)6/h10-14H,7-9H2,1-6H3. The molecule has 0 saturated carbocycles. The molecule has 0 heterocycles. The number of hydrogen-bond acceptors (Lipinski definition) is 4. The van der Waals surface area contributed by atoms with E-state index in [2.05, 4.69) is 0 Å². The molecule has 0 unspecified atom stereocenters. The predicted octanol–water partition coefficient (Wildman–Crippen LogP) is 6.10. The Hall–Kier alpha value is -1.40. The van der Waals surface area contributed by atoms with Gasteiger partial charge in [-0.3, -0.25) is 14.4 Å². The molecule has 0 aliphatic heterocycles. The molecule has 1 aromatic carbocycles. The van der Waals surface area contributed by atoms with Gasteiger partial charge in [-0.2, -0.15) is 0 Å². The van der Waals surface area contributed by atoms with Crippen molar-refractivity contribution in [1.82, 2.24) is 0 Å². The van der Waals surface area contributed by atoms with Crippen LogP contribution in [0.4, 0.5) is 10.1 Å². The fourth-order valence-electron chi connectivity index (χ4n) is 2.55. The number of benzene rings is 1. The van der Waals surface area contributed by atoms with Crippen LogP contribution in [0.1, 0.15) is 60.8 Å². The van der Waals surface area contributed by atoms with Crippen molar-refractivity contribution in [3.05, 3.63) is 23.0 Å². The van der Waals surface area contributed by atoms with Crippen LogP contribution in [0.25, 0.3) is 0 Å². The number of thioether (sulfide) groups is 1. The van der Waals surface area contributed by atoms with Crippen molar-refractivity contribution in [1.29, 1.82) is 0 Å². The number of anilines is 1. The summed E-state index contributed by atoms with van der Waals surface area (Å²) in [5.41, 5.74) is -0.152. The topological polar surface area (TPSA) is 54.5 Å². The molecule has 1 rings (SSSR count). The normalized spacial score (nSPS) is 11.4. The summed E-state index contributed by atoms with van der Waals surface area (Å²) in [5, 5.41) is -0.0288. The molecule has 0 bridgehead atoms. The Morgan fingerprint density at radius 2 is 1.39 bits per heavy atom. The van der Waals surface area contributed by atoms with Crippen molar-refractivity contribution in [2.45, 2.75) is 65.7 Å². The highest BCUT2D eigenvalue weighted by Gasteiger charge is 2.28. The van der Waals surface area contributed by atoms with Crippen LogP contribution >= 0.6 is 23.4 Å². The first-order valence-corrected chi connectivity index (χ1v) is 10.7.